The standard InChI is InChI=1S/C21H24FN3O/c1-14(2)21(5,22)13-26-20-7-6-17(10-15(20)3)11-25-12-18-16(4)23-9-8-19(18)24-25/h6-10,12H,1,11,13H2,2-5H3. The van der Waals surface area contributed by atoms with Crippen molar-refractivity contribution in [2.45, 2.75) is 39.9 Å². The van der Waals surface area contributed by atoms with Crippen LogP contribution in [0, 0.1) is 13.8 Å². The highest BCUT2D eigenvalue weighted by Crippen LogP contribution is 2.25. The third-order valence-corrected chi connectivity index (χ3v) is 4.65. The topological polar surface area (TPSA) is 39.9 Å². The van der Waals surface area contributed by atoms with Crippen molar-refractivity contribution in [3.05, 3.63) is 65.6 Å². The summed E-state index contributed by atoms with van der Waals surface area (Å²) in [5, 5.41) is 5.66. The molecule has 0 radical (unpaired) electrons. The zero-order valence-electron chi connectivity index (χ0n) is 15.7. The molecule has 0 fully saturated rings. The number of pyridine rings is 1. The van der Waals surface area contributed by atoms with Crippen LogP contribution in [0.3, 0.4) is 0 Å². The summed E-state index contributed by atoms with van der Waals surface area (Å²) >= 11 is 0. The molecular weight excluding hydrogens is 329 g/mol. The quantitative estimate of drug-likeness (QED) is 0.599. The minimum absolute atomic E-state index is 0.0423. The molecule has 0 saturated heterocycles. The monoisotopic (exact) mass is 353 g/mol. The number of benzene rings is 1. The van der Waals surface area contributed by atoms with Crippen molar-refractivity contribution >= 4 is 10.9 Å². The van der Waals surface area contributed by atoms with Gasteiger partial charge in [0.1, 0.15) is 12.4 Å². The molecule has 5 heteroatoms. The summed E-state index contributed by atoms with van der Waals surface area (Å²) in [6.07, 6.45) is 3.79. The number of hydrogen-bond donors (Lipinski definition) is 0. The van der Waals surface area contributed by atoms with E-state index in [9.17, 15) is 4.39 Å². The van der Waals surface area contributed by atoms with Crippen LogP contribution in [0.5, 0.6) is 5.75 Å². The van der Waals surface area contributed by atoms with Crippen LogP contribution in [0.2, 0.25) is 0 Å². The molecule has 0 aliphatic heterocycles. The highest BCUT2D eigenvalue weighted by Gasteiger charge is 2.25. The van der Waals surface area contributed by atoms with Gasteiger partial charge in [0.2, 0.25) is 0 Å². The number of ether oxygens (including phenoxy) is 1. The van der Waals surface area contributed by atoms with Crippen molar-refractivity contribution in [2.75, 3.05) is 6.61 Å². The largest absolute Gasteiger partial charge is 0.490 e. The van der Waals surface area contributed by atoms with Crippen LogP contribution in [0.25, 0.3) is 10.9 Å². The van der Waals surface area contributed by atoms with E-state index in [-0.39, 0.29) is 6.61 Å². The van der Waals surface area contributed by atoms with E-state index in [0.717, 1.165) is 27.7 Å². The van der Waals surface area contributed by atoms with Crippen molar-refractivity contribution in [2.24, 2.45) is 0 Å². The molecule has 3 aromatic rings. The second-order valence-electron chi connectivity index (χ2n) is 7.02. The first-order valence-electron chi connectivity index (χ1n) is 8.62. The molecule has 0 spiro atoms. The Labute approximate surface area is 153 Å². The molecule has 1 unspecified atom stereocenters. The molecule has 1 aromatic carbocycles. The Balaban J connectivity index is 1.74. The number of alkyl halides is 1. The number of aromatic nitrogens is 3. The van der Waals surface area contributed by atoms with Crippen molar-refractivity contribution in [1.29, 1.82) is 0 Å². The summed E-state index contributed by atoms with van der Waals surface area (Å²) in [5.41, 5.74) is 2.91. The van der Waals surface area contributed by atoms with E-state index < -0.39 is 5.67 Å². The summed E-state index contributed by atoms with van der Waals surface area (Å²) in [6.45, 7) is 11.4. The third kappa shape index (κ3) is 3.77. The first-order valence-corrected chi connectivity index (χ1v) is 8.62. The minimum atomic E-state index is -1.54. The molecule has 2 aromatic heterocycles. The van der Waals surface area contributed by atoms with Gasteiger partial charge >= 0.3 is 0 Å². The Morgan fingerprint density at radius 2 is 2.08 bits per heavy atom. The lowest BCUT2D eigenvalue weighted by Crippen LogP contribution is -2.28. The Kier molecular flexibility index (Phi) is 4.81. The fourth-order valence-electron chi connectivity index (χ4n) is 2.70. The minimum Gasteiger partial charge on any atom is -0.490 e. The third-order valence-electron chi connectivity index (χ3n) is 4.65. The predicted molar refractivity (Wildman–Crippen MR) is 102 cm³/mol. The lowest BCUT2D eigenvalue weighted by atomic mass is 10.0. The normalized spacial score (nSPS) is 13.6. The molecule has 0 N–H and O–H groups in total. The van der Waals surface area contributed by atoms with E-state index in [1.807, 2.05) is 49.0 Å². The molecule has 4 nitrogen and oxygen atoms in total. The average Bonchev–Trinajstić information content (AvgIpc) is 2.98. The zero-order chi connectivity index (χ0) is 18.9. The van der Waals surface area contributed by atoms with Gasteiger partial charge in [-0.15, -0.1) is 0 Å². The van der Waals surface area contributed by atoms with Crippen molar-refractivity contribution in [3.8, 4) is 5.75 Å². The number of aryl methyl sites for hydroxylation is 2. The van der Waals surface area contributed by atoms with Crippen LogP contribution in [0.4, 0.5) is 4.39 Å². The van der Waals surface area contributed by atoms with Gasteiger partial charge in [0.05, 0.1) is 12.1 Å². The van der Waals surface area contributed by atoms with Crippen LogP contribution in [-0.4, -0.2) is 27.0 Å². The summed E-state index contributed by atoms with van der Waals surface area (Å²) in [7, 11) is 0. The highest BCUT2D eigenvalue weighted by atomic mass is 19.1. The van der Waals surface area contributed by atoms with Gasteiger partial charge in [0.25, 0.3) is 0 Å². The molecule has 0 aliphatic rings. The smallest absolute Gasteiger partial charge is 0.162 e. The number of nitrogens with zero attached hydrogens (tertiary/aromatic N) is 3. The second kappa shape index (κ2) is 6.90. The molecule has 0 aliphatic carbocycles. The van der Waals surface area contributed by atoms with Gasteiger partial charge in [-0.2, -0.15) is 5.10 Å². The fourth-order valence-corrected chi connectivity index (χ4v) is 2.70. The van der Waals surface area contributed by atoms with E-state index in [2.05, 4.69) is 16.7 Å². The molecule has 136 valence electrons. The SMILES string of the molecule is C=C(C)C(C)(F)COc1ccc(Cn2cc3c(C)nccc3n2)cc1C. The number of halogens is 1. The predicted octanol–water partition coefficient (Wildman–Crippen LogP) is 4.78. The lowest BCUT2D eigenvalue weighted by Gasteiger charge is -2.21. The van der Waals surface area contributed by atoms with E-state index in [0.29, 0.717) is 17.9 Å². The van der Waals surface area contributed by atoms with E-state index in [1.165, 1.54) is 6.92 Å². The molecular formula is C21H24FN3O. The van der Waals surface area contributed by atoms with Gasteiger partial charge in [-0.3, -0.25) is 9.67 Å². The van der Waals surface area contributed by atoms with Crippen LogP contribution in [0.1, 0.15) is 30.7 Å². The Bertz CT molecular complexity index is 959. The summed E-state index contributed by atoms with van der Waals surface area (Å²) in [4.78, 5) is 4.30. The van der Waals surface area contributed by atoms with Gasteiger partial charge in [0.15, 0.2) is 5.67 Å². The summed E-state index contributed by atoms with van der Waals surface area (Å²) < 4.78 is 21.9. The molecule has 0 amide bonds. The number of rotatable bonds is 6. The Morgan fingerprint density at radius 1 is 1.31 bits per heavy atom. The van der Waals surface area contributed by atoms with E-state index in [1.54, 1.807) is 13.1 Å². The lowest BCUT2D eigenvalue weighted by molar-refractivity contribution is 0.136. The molecule has 26 heavy (non-hydrogen) atoms. The van der Waals surface area contributed by atoms with Gasteiger partial charge in [-0.25, -0.2) is 4.39 Å². The number of hydrogen-bond acceptors (Lipinski definition) is 3. The maximum Gasteiger partial charge on any atom is 0.162 e. The van der Waals surface area contributed by atoms with Crippen LogP contribution < -0.4 is 4.74 Å². The molecule has 1 atom stereocenters. The highest BCUT2D eigenvalue weighted by molar-refractivity contribution is 5.79. The maximum atomic E-state index is 14.3. The fraction of sp³-hybridized carbons (Fsp3) is 0.333. The maximum absolute atomic E-state index is 14.3. The van der Waals surface area contributed by atoms with Crippen molar-refractivity contribution < 1.29 is 9.13 Å². The molecule has 2 heterocycles. The van der Waals surface area contributed by atoms with Crippen LogP contribution >= 0.6 is 0 Å². The van der Waals surface area contributed by atoms with Crippen LogP contribution in [0.15, 0.2) is 48.8 Å². The second-order valence-corrected chi connectivity index (χ2v) is 7.02. The molecule has 0 bridgehead atoms. The van der Waals surface area contributed by atoms with Crippen molar-refractivity contribution in [3.63, 3.8) is 0 Å². The first kappa shape index (κ1) is 18.1. The number of fused-ring (bicyclic) bond motifs is 1. The zero-order valence-corrected chi connectivity index (χ0v) is 15.7. The van der Waals surface area contributed by atoms with Crippen LogP contribution in [-0.2, 0) is 6.54 Å². The Hall–Kier alpha value is -2.69. The summed E-state index contributed by atoms with van der Waals surface area (Å²) in [6, 6.07) is 7.82. The van der Waals surface area contributed by atoms with Crippen molar-refractivity contribution in [1.82, 2.24) is 14.8 Å². The van der Waals surface area contributed by atoms with E-state index in [4.69, 9.17) is 4.74 Å². The molecule has 3 rings (SSSR count). The van der Waals surface area contributed by atoms with Gasteiger partial charge in [-0.05, 0) is 56.5 Å². The van der Waals surface area contributed by atoms with Gasteiger partial charge in [-0.1, -0.05) is 18.7 Å². The molecule has 0 saturated carbocycles. The van der Waals surface area contributed by atoms with Gasteiger partial charge in [0, 0.05) is 23.5 Å². The Morgan fingerprint density at radius 3 is 2.73 bits per heavy atom. The van der Waals surface area contributed by atoms with Gasteiger partial charge < -0.3 is 4.74 Å². The first-order chi connectivity index (χ1) is 12.3. The van der Waals surface area contributed by atoms with E-state index >= 15 is 0 Å². The summed E-state index contributed by atoms with van der Waals surface area (Å²) in [5.74, 6) is 0.685. The average molecular weight is 353 g/mol.